The summed E-state index contributed by atoms with van der Waals surface area (Å²) in [5.41, 5.74) is 3.08. The molecule has 1 saturated heterocycles. The molecule has 6 nitrogen and oxygen atoms in total. The SMILES string of the molecule is Cc1cc(-c2ccnc(NC(=O)[C@@H]3C[C@H]3C#N)c2)ccc1OC1CCOCC1. The predicted octanol–water partition coefficient (Wildman–Crippen LogP) is 3.71. The highest BCUT2D eigenvalue weighted by Gasteiger charge is 2.43. The molecule has 2 aliphatic rings. The summed E-state index contributed by atoms with van der Waals surface area (Å²) in [5, 5.41) is 11.7. The second-order valence-electron chi connectivity index (χ2n) is 7.41. The van der Waals surface area contributed by atoms with E-state index >= 15 is 0 Å². The first kappa shape index (κ1) is 18.5. The molecule has 2 heterocycles. The maximum Gasteiger partial charge on any atom is 0.230 e. The van der Waals surface area contributed by atoms with Gasteiger partial charge in [0.15, 0.2) is 0 Å². The monoisotopic (exact) mass is 377 g/mol. The molecule has 1 aliphatic carbocycles. The summed E-state index contributed by atoms with van der Waals surface area (Å²) in [6.45, 7) is 3.55. The fourth-order valence-corrected chi connectivity index (χ4v) is 3.46. The number of aryl methyl sites for hydroxylation is 1. The molecular formula is C22H23N3O3. The fourth-order valence-electron chi connectivity index (χ4n) is 3.46. The smallest absolute Gasteiger partial charge is 0.230 e. The maximum atomic E-state index is 12.2. The molecule has 4 rings (SSSR count). The Morgan fingerprint density at radius 3 is 2.75 bits per heavy atom. The number of amides is 1. The van der Waals surface area contributed by atoms with E-state index in [4.69, 9.17) is 14.7 Å². The summed E-state index contributed by atoms with van der Waals surface area (Å²) < 4.78 is 11.5. The highest BCUT2D eigenvalue weighted by molar-refractivity contribution is 5.94. The van der Waals surface area contributed by atoms with E-state index in [1.807, 2.05) is 31.2 Å². The molecule has 0 bridgehead atoms. The van der Waals surface area contributed by atoms with Crippen LogP contribution in [0.4, 0.5) is 5.82 Å². The van der Waals surface area contributed by atoms with E-state index in [2.05, 4.69) is 22.4 Å². The van der Waals surface area contributed by atoms with Gasteiger partial charge in [-0.15, -0.1) is 0 Å². The van der Waals surface area contributed by atoms with E-state index < -0.39 is 0 Å². The average molecular weight is 377 g/mol. The maximum absolute atomic E-state index is 12.2. The molecule has 1 N–H and O–H groups in total. The Kier molecular flexibility index (Phi) is 5.27. The van der Waals surface area contributed by atoms with Crippen LogP contribution >= 0.6 is 0 Å². The molecule has 1 amide bonds. The zero-order valence-corrected chi connectivity index (χ0v) is 15.9. The van der Waals surface area contributed by atoms with E-state index in [1.54, 1.807) is 6.20 Å². The minimum Gasteiger partial charge on any atom is -0.490 e. The van der Waals surface area contributed by atoms with E-state index in [0.29, 0.717) is 12.2 Å². The Bertz CT molecular complexity index is 915. The van der Waals surface area contributed by atoms with Crippen molar-refractivity contribution < 1.29 is 14.3 Å². The molecule has 28 heavy (non-hydrogen) atoms. The lowest BCUT2D eigenvalue weighted by Gasteiger charge is -2.24. The normalized spacial score (nSPS) is 21.6. The largest absolute Gasteiger partial charge is 0.490 e. The Morgan fingerprint density at radius 1 is 1.25 bits per heavy atom. The molecule has 0 spiro atoms. The van der Waals surface area contributed by atoms with Crippen LogP contribution < -0.4 is 10.1 Å². The lowest BCUT2D eigenvalue weighted by atomic mass is 10.0. The molecule has 2 aromatic rings. The van der Waals surface area contributed by atoms with Crippen molar-refractivity contribution in [1.29, 1.82) is 5.26 Å². The van der Waals surface area contributed by atoms with Crippen LogP contribution in [-0.2, 0) is 9.53 Å². The Labute approximate surface area is 164 Å². The van der Waals surface area contributed by atoms with Crippen molar-refractivity contribution >= 4 is 11.7 Å². The number of ether oxygens (including phenoxy) is 2. The molecule has 0 unspecified atom stereocenters. The van der Waals surface area contributed by atoms with Gasteiger partial charge in [0.2, 0.25) is 5.91 Å². The number of rotatable bonds is 5. The Morgan fingerprint density at radius 2 is 2.04 bits per heavy atom. The number of nitrogens with one attached hydrogen (secondary N) is 1. The van der Waals surface area contributed by atoms with Gasteiger partial charge in [-0.25, -0.2) is 4.98 Å². The molecule has 1 aliphatic heterocycles. The van der Waals surface area contributed by atoms with Crippen LogP contribution in [0.3, 0.4) is 0 Å². The summed E-state index contributed by atoms with van der Waals surface area (Å²) >= 11 is 0. The van der Waals surface area contributed by atoms with E-state index in [0.717, 1.165) is 48.5 Å². The standard InChI is InChI=1S/C22H23N3O3/c1-14-10-15(2-3-20(14)28-18-5-8-27-9-6-18)16-4-7-24-21(12-16)25-22(26)19-11-17(19)13-23/h2-4,7,10,12,17-19H,5-6,8-9,11H2,1H3,(H,24,25,26)/t17-,19+/m0/s1. The molecule has 1 aromatic heterocycles. The van der Waals surface area contributed by atoms with Gasteiger partial charge >= 0.3 is 0 Å². The van der Waals surface area contributed by atoms with Gasteiger partial charge in [-0.2, -0.15) is 5.26 Å². The molecule has 1 aromatic carbocycles. The lowest BCUT2D eigenvalue weighted by molar-refractivity contribution is -0.117. The van der Waals surface area contributed by atoms with Crippen molar-refractivity contribution in [3.05, 3.63) is 42.1 Å². The average Bonchev–Trinajstić information content (AvgIpc) is 3.51. The summed E-state index contributed by atoms with van der Waals surface area (Å²) in [7, 11) is 0. The number of aromatic nitrogens is 1. The molecule has 1 saturated carbocycles. The number of anilines is 1. The van der Waals surface area contributed by atoms with Gasteiger partial charge in [0.1, 0.15) is 17.7 Å². The van der Waals surface area contributed by atoms with Crippen LogP contribution in [0.2, 0.25) is 0 Å². The van der Waals surface area contributed by atoms with Crippen molar-refractivity contribution in [2.24, 2.45) is 11.8 Å². The number of hydrogen-bond donors (Lipinski definition) is 1. The third kappa shape index (κ3) is 4.15. The summed E-state index contributed by atoms with van der Waals surface area (Å²) in [4.78, 5) is 16.4. The van der Waals surface area contributed by atoms with E-state index in [9.17, 15) is 4.79 Å². The lowest BCUT2D eigenvalue weighted by Crippen LogP contribution is -2.26. The molecular weight excluding hydrogens is 354 g/mol. The molecule has 6 heteroatoms. The van der Waals surface area contributed by atoms with Crippen LogP contribution in [-0.4, -0.2) is 30.2 Å². The number of carbonyl (C=O) groups excluding carboxylic acids is 1. The number of benzene rings is 1. The van der Waals surface area contributed by atoms with Crippen molar-refractivity contribution in [3.63, 3.8) is 0 Å². The number of nitriles is 1. The second kappa shape index (κ2) is 7.99. The zero-order valence-electron chi connectivity index (χ0n) is 15.9. The molecule has 2 fully saturated rings. The number of carbonyl (C=O) groups is 1. The van der Waals surface area contributed by atoms with Gasteiger partial charge in [-0.05, 0) is 54.3 Å². The van der Waals surface area contributed by atoms with Crippen LogP contribution in [0.25, 0.3) is 11.1 Å². The zero-order chi connectivity index (χ0) is 19.5. The second-order valence-corrected chi connectivity index (χ2v) is 7.41. The van der Waals surface area contributed by atoms with Crippen LogP contribution in [0, 0.1) is 30.1 Å². The van der Waals surface area contributed by atoms with Crippen molar-refractivity contribution in [2.45, 2.75) is 32.3 Å². The van der Waals surface area contributed by atoms with E-state index in [-0.39, 0.29) is 23.8 Å². The fraction of sp³-hybridized carbons (Fsp3) is 0.409. The van der Waals surface area contributed by atoms with Crippen LogP contribution in [0.15, 0.2) is 36.5 Å². The van der Waals surface area contributed by atoms with E-state index in [1.165, 1.54) is 0 Å². The van der Waals surface area contributed by atoms with Crippen molar-refractivity contribution in [1.82, 2.24) is 4.98 Å². The summed E-state index contributed by atoms with van der Waals surface area (Å²) in [6.07, 6.45) is 4.36. The number of pyridine rings is 1. The van der Waals surface area contributed by atoms with Crippen molar-refractivity contribution in [3.8, 4) is 22.9 Å². The van der Waals surface area contributed by atoms with Gasteiger partial charge in [-0.3, -0.25) is 4.79 Å². The Balaban J connectivity index is 1.46. The van der Waals surface area contributed by atoms with Gasteiger partial charge in [0.05, 0.1) is 31.1 Å². The highest BCUT2D eigenvalue weighted by Crippen LogP contribution is 2.38. The molecule has 2 atom stereocenters. The first-order valence-corrected chi connectivity index (χ1v) is 9.66. The molecule has 144 valence electrons. The van der Waals surface area contributed by atoms with Crippen molar-refractivity contribution in [2.75, 3.05) is 18.5 Å². The van der Waals surface area contributed by atoms with Crippen LogP contribution in [0.5, 0.6) is 5.75 Å². The van der Waals surface area contributed by atoms with Gasteiger partial charge in [-0.1, -0.05) is 6.07 Å². The molecule has 0 radical (unpaired) electrons. The minimum absolute atomic E-state index is 0.132. The Hall–Kier alpha value is -2.91. The first-order chi connectivity index (χ1) is 13.6. The number of nitrogens with zero attached hydrogens (tertiary/aromatic N) is 2. The third-order valence-electron chi connectivity index (χ3n) is 5.27. The van der Waals surface area contributed by atoms with Gasteiger partial charge < -0.3 is 14.8 Å². The number of hydrogen-bond acceptors (Lipinski definition) is 5. The van der Waals surface area contributed by atoms with Gasteiger partial charge in [0.25, 0.3) is 0 Å². The first-order valence-electron chi connectivity index (χ1n) is 9.66. The summed E-state index contributed by atoms with van der Waals surface area (Å²) in [5.74, 6) is 0.904. The topological polar surface area (TPSA) is 84.2 Å². The third-order valence-corrected chi connectivity index (χ3v) is 5.27. The highest BCUT2D eigenvalue weighted by atomic mass is 16.5. The predicted molar refractivity (Wildman–Crippen MR) is 105 cm³/mol. The van der Waals surface area contributed by atoms with Crippen LogP contribution in [0.1, 0.15) is 24.8 Å². The van der Waals surface area contributed by atoms with Gasteiger partial charge in [0, 0.05) is 19.0 Å². The quantitative estimate of drug-likeness (QED) is 0.859. The minimum atomic E-state index is -0.209. The summed E-state index contributed by atoms with van der Waals surface area (Å²) in [6, 6.07) is 12.0.